The maximum absolute atomic E-state index is 13.2. The number of hydrogen-bond donors (Lipinski definition) is 1. The SMILES string of the molecule is O=S(=O)(NCCC1CCOc2c[c]ccc21)c1cccc(F)c1. The van der Waals surface area contributed by atoms with Gasteiger partial charge in [0.15, 0.2) is 0 Å². The van der Waals surface area contributed by atoms with Crippen molar-refractivity contribution in [2.45, 2.75) is 23.7 Å². The third-order valence-electron chi connectivity index (χ3n) is 3.91. The summed E-state index contributed by atoms with van der Waals surface area (Å²) in [5.41, 5.74) is 1.08. The van der Waals surface area contributed by atoms with Crippen LogP contribution in [0, 0.1) is 11.9 Å². The Balaban J connectivity index is 1.64. The number of ether oxygens (including phenoxy) is 1. The lowest BCUT2D eigenvalue weighted by molar-refractivity contribution is 0.263. The molecule has 1 atom stereocenters. The van der Waals surface area contributed by atoms with Crippen LogP contribution < -0.4 is 9.46 Å². The fraction of sp³-hybridized carbons (Fsp3) is 0.294. The van der Waals surface area contributed by atoms with Crippen molar-refractivity contribution in [2.75, 3.05) is 13.2 Å². The molecular formula is C17H17FNO3S. The molecule has 1 radical (unpaired) electrons. The first-order chi connectivity index (χ1) is 11.1. The molecule has 2 aromatic rings. The predicted molar refractivity (Wildman–Crippen MR) is 84.3 cm³/mol. The first kappa shape index (κ1) is 16.0. The average Bonchev–Trinajstić information content (AvgIpc) is 2.55. The van der Waals surface area contributed by atoms with E-state index >= 15 is 0 Å². The smallest absolute Gasteiger partial charge is 0.240 e. The Morgan fingerprint density at radius 2 is 2.22 bits per heavy atom. The van der Waals surface area contributed by atoms with Gasteiger partial charge in [0.05, 0.1) is 11.5 Å². The van der Waals surface area contributed by atoms with Crippen molar-refractivity contribution in [3.63, 3.8) is 0 Å². The highest BCUT2D eigenvalue weighted by atomic mass is 32.2. The van der Waals surface area contributed by atoms with Crippen molar-refractivity contribution < 1.29 is 17.5 Å². The number of sulfonamides is 1. The number of halogens is 1. The summed E-state index contributed by atoms with van der Waals surface area (Å²) in [6.07, 6.45) is 1.51. The Bertz CT molecular complexity index is 792. The molecule has 0 saturated carbocycles. The van der Waals surface area contributed by atoms with Crippen molar-refractivity contribution >= 4 is 10.0 Å². The van der Waals surface area contributed by atoms with Gasteiger partial charge in [0.2, 0.25) is 10.0 Å². The number of hydrogen-bond acceptors (Lipinski definition) is 3. The van der Waals surface area contributed by atoms with E-state index in [0.717, 1.165) is 23.8 Å². The van der Waals surface area contributed by atoms with Crippen LogP contribution in [0.4, 0.5) is 4.39 Å². The molecule has 121 valence electrons. The minimum atomic E-state index is -3.69. The summed E-state index contributed by atoms with van der Waals surface area (Å²) in [5.74, 6) is 0.489. The van der Waals surface area contributed by atoms with E-state index in [0.29, 0.717) is 19.6 Å². The molecule has 4 nitrogen and oxygen atoms in total. The van der Waals surface area contributed by atoms with E-state index in [1.54, 1.807) is 6.07 Å². The van der Waals surface area contributed by atoms with Crippen LogP contribution in [0.25, 0.3) is 0 Å². The Labute approximate surface area is 135 Å². The van der Waals surface area contributed by atoms with E-state index in [4.69, 9.17) is 4.74 Å². The molecule has 1 aliphatic heterocycles. The normalized spacial score (nSPS) is 17.3. The highest BCUT2D eigenvalue weighted by Gasteiger charge is 2.22. The maximum atomic E-state index is 13.2. The minimum absolute atomic E-state index is 0.0560. The van der Waals surface area contributed by atoms with Crippen LogP contribution in [0.15, 0.2) is 47.4 Å². The summed E-state index contributed by atoms with van der Waals surface area (Å²) in [6, 6.07) is 13.6. The van der Waals surface area contributed by atoms with Gasteiger partial charge in [-0.05, 0) is 54.7 Å². The van der Waals surface area contributed by atoms with Crippen LogP contribution in [-0.2, 0) is 10.0 Å². The summed E-state index contributed by atoms with van der Waals surface area (Å²) >= 11 is 0. The summed E-state index contributed by atoms with van der Waals surface area (Å²) < 4.78 is 45.6. The standard InChI is InChI=1S/C17H17FNO3S/c18-14-4-3-5-15(12-14)23(20,21)19-10-8-13-9-11-22-17-7-2-1-6-16(13)17/h1,3-7,12-13,19H,8-11H2. The Hall–Kier alpha value is -1.92. The van der Waals surface area contributed by atoms with Crippen LogP contribution >= 0.6 is 0 Å². The van der Waals surface area contributed by atoms with E-state index < -0.39 is 15.8 Å². The van der Waals surface area contributed by atoms with Crippen molar-refractivity contribution in [1.29, 1.82) is 0 Å². The largest absolute Gasteiger partial charge is 0.493 e. The maximum Gasteiger partial charge on any atom is 0.240 e. The Kier molecular flexibility index (Phi) is 4.63. The van der Waals surface area contributed by atoms with Gasteiger partial charge in [0.25, 0.3) is 0 Å². The number of rotatable bonds is 5. The molecule has 0 amide bonds. The second-order valence-corrected chi connectivity index (χ2v) is 7.21. The number of fused-ring (bicyclic) bond motifs is 1. The van der Waals surface area contributed by atoms with E-state index in [-0.39, 0.29) is 10.8 Å². The molecule has 1 unspecified atom stereocenters. The lowest BCUT2D eigenvalue weighted by atomic mass is 9.90. The van der Waals surface area contributed by atoms with Gasteiger partial charge >= 0.3 is 0 Å². The summed E-state index contributed by atoms with van der Waals surface area (Å²) in [7, 11) is -3.69. The van der Waals surface area contributed by atoms with E-state index in [1.807, 2.05) is 12.1 Å². The first-order valence-corrected chi connectivity index (χ1v) is 8.92. The van der Waals surface area contributed by atoms with Gasteiger partial charge in [-0.15, -0.1) is 0 Å². The van der Waals surface area contributed by atoms with Gasteiger partial charge in [0.1, 0.15) is 11.6 Å². The highest BCUT2D eigenvalue weighted by molar-refractivity contribution is 7.89. The lowest BCUT2D eigenvalue weighted by Crippen LogP contribution is -2.27. The zero-order valence-corrected chi connectivity index (χ0v) is 13.3. The Morgan fingerprint density at radius 3 is 3.04 bits per heavy atom. The highest BCUT2D eigenvalue weighted by Crippen LogP contribution is 2.35. The molecule has 0 aromatic heterocycles. The van der Waals surface area contributed by atoms with Crippen LogP contribution in [0.5, 0.6) is 5.75 Å². The zero-order valence-electron chi connectivity index (χ0n) is 12.5. The van der Waals surface area contributed by atoms with Gasteiger partial charge in [-0.3, -0.25) is 0 Å². The minimum Gasteiger partial charge on any atom is -0.493 e. The second-order valence-electron chi connectivity index (χ2n) is 5.44. The molecule has 0 spiro atoms. The zero-order chi connectivity index (χ0) is 16.3. The summed E-state index contributed by atoms with van der Waals surface area (Å²) in [5, 5.41) is 0. The quantitative estimate of drug-likeness (QED) is 0.915. The number of nitrogens with one attached hydrogen (secondary N) is 1. The summed E-state index contributed by atoms with van der Waals surface area (Å²) in [4.78, 5) is -0.0560. The van der Waals surface area contributed by atoms with Gasteiger partial charge in [0, 0.05) is 6.54 Å². The van der Waals surface area contributed by atoms with Crippen LogP contribution in [0.2, 0.25) is 0 Å². The molecule has 2 aromatic carbocycles. The van der Waals surface area contributed by atoms with Gasteiger partial charge in [-0.1, -0.05) is 18.2 Å². The first-order valence-electron chi connectivity index (χ1n) is 7.44. The van der Waals surface area contributed by atoms with E-state index in [9.17, 15) is 12.8 Å². The Morgan fingerprint density at radius 1 is 1.35 bits per heavy atom. The van der Waals surface area contributed by atoms with E-state index in [1.165, 1.54) is 18.2 Å². The predicted octanol–water partition coefficient (Wildman–Crippen LogP) is 2.86. The van der Waals surface area contributed by atoms with Crippen molar-refractivity contribution in [2.24, 2.45) is 0 Å². The molecule has 0 bridgehead atoms. The van der Waals surface area contributed by atoms with Crippen molar-refractivity contribution in [3.8, 4) is 5.75 Å². The van der Waals surface area contributed by atoms with Crippen LogP contribution in [0.3, 0.4) is 0 Å². The fourth-order valence-electron chi connectivity index (χ4n) is 2.74. The fourth-order valence-corrected chi connectivity index (χ4v) is 3.82. The second kappa shape index (κ2) is 6.68. The topological polar surface area (TPSA) is 55.4 Å². The average molecular weight is 334 g/mol. The number of benzene rings is 2. The molecular weight excluding hydrogens is 317 g/mol. The molecule has 1 N–H and O–H groups in total. The lowest BCUT2D eigenvalue weighted by Gasteiger charge is -2.25. The molecule has 0 fully saturated rings. The molecule has 3 rings (SSSR count). The van der Waals surface area contributed by atoms with Gasteiger partial charge < -0.3 is 4.74 Å². The van der Waals surface area contributed by atoms with Crippen molar-refractivity contribution in [3.05, 3.63) is 59.9 Å². The van der Waals surface area contributed by atoms with Crippen LogP contribution in [0.1, 0.15) is 24.3 Å². The third kappa shape index (κ3) is 3.71. The monoisotopic (exact) mass is 334 g/mol. The summed E-state index contributed by atoms with van der Waals surface area (Å²) in [6.45, 7) is 0.910. The molecule has 1 aliphatic rings. The van der Waals surface area contributed by atoms with E-state index in [2.05, 4.69) is 10.8 Å². The molecule has 23 heavy (non-hydrogen) atoms. The van der Waals surface area contributed by atoms with Gasteiger partial charge in [-0.25, -0.2) is 17.5 Å². The van der Waals surface area contributed by atoms with Crippen LogP contribution in [-0.4, -0.2) is 21.6 Å². The molecule has 0 aliphatic carbocycles. The molecule has 0 saturated heterocycles. The third-order valence-corrected chi connectivity index (χ3v) is 5.37. The molecule has 1 heterocycles. The van der Waals surface area contributed by atoms with Crippen molar-refractivity contribution in [1.82, 2.24) is 4.72 Å². The molecule has 6 heteroatoms. The van der Waals surface area contributed by atoms with Gasteiger partial charge in [-0.2, -0.15) is 0 Å².